The van der Waals surface area contributed by atoms with Gasteiger partial charge in [0, 0.05) is 17.1 Å². The van der Waals surface area contributed by atoms with Gasteiger partial charge in [-0.05, 0) is 72.5 Å². The summed E-state index contributed by atoms with van der Waals surface area (Å²) in [5, 5.41) is 0. The highest BCUT2D eigenvalue weighted by Gasteiger charge is 2.35. The molecule has 132 valence electrons. The van der Waals surface area contributed by atoms with E-state index in [4.69, 9.17) is 11.5 Å². The average Bonchev–Trinajstić information content (AvgIpc) is 3.07. The Hall–Kier alpha value is -3.01. The van der Waals surface area contributed by atoms with Crippen molar-refractivity contribution >= 4 is 17.1 Å². The van der Waals surface area contributed by atoms with Crippen molar-refractivity contribution < 1.29 is 4.39 Å². The van der Waals surface area contributed by atoms with Crippen molar-refractivity contribution in [3.05, 3.63) is 89.7 Å². The molecule has 3 nitrogen and oxygen atoms in total. The van der Waals surface area contributed by atoms with Crippen LogP contribution in [-0.4, -0.2) is 0 Å². The van der Waals surface area contributed by atoms with Gasteiger partial charge in [-0.1, -0.05) is 24.3 Å². The molecule has 3 aromatic rings. The predicted octanol–water partition coefficient (Wildman–Crippen LogP) is 5.07. The molecule has 0 saturated carbocycles. The maximum atomic E-state index is 13.5. The second-order valence-electron chi connectivity index (χ2n) is 6.83. The molecule has 4 N–H and O–H groups in total. The van der Waals surface area contributed by atoms with Crippen molar-refractivity contribution in [2.45, 2.75) is 24.9 Å². The molecule has 0 aromatic heterocycles. The Bertz CT molecular complexity index is 854. The Balaban J connectivity index is 1.78. The minimum Gasteiger partial charge on any atom is -0.399 e. The molecule has 4 rings (SSSR count). The van der Waals surface area contributed by atoms with Gasteiger partial charge in [-0.3, -0.25) is 0 Å². The first-order valence-corrected chi connectivity index (χ1v) is 8.86. The van der Waals surface area contributed by atoms with Gasteiger partial charge in [0.25, 0.3) is 0 Å². The highest BCUT2D eigenvalue weighted by molar-refractivity contribution is 5.55. The topological polar surface area (TPSA) is 55.3 Å². The van der Waals surface area contributed by atoms with Gasteiger partial charge in [0.15, 0.2) is 0 Å². The second kappa shape index (κ2) is 6.71. The highest BCUT2D eigenvalue weighted by atomic mass is 19.1. The van der Waals surface area contributed by atoms with Gasteiger partial charge < -0.3 is 16.4 Å². The molecule has 4 heteroatoms. The number of nitrogen functional groups attached to an aromatic ring is 2. The van der Waals surface area contributed by atoms with Crippen LogP contribution in [0.3, 0.4) is 0 Å². The molecular formula is C22H22FN3. The van der Waals surface area contributed by atoms with E-state index in [9.17, 15) is 4.39 Å². The van der Waals surface area contributed by atoms with E-state index in [-0.39, 0.29) is 17.9 Å². The van der Waals surface area contributed by atoms with Crippen LogP contribution in [0.4, 0.5) is 21.5 Å². The molecule has 0 aliphatic carbocycles. The van der Waals surface area contributed by atoms with Crippen LogP contribution < -0.4 is 16.4 Å². The fourth-order valence-electron chi connectivity index (χ4n) is 3.97. The number of benzene rings is 3. The van der Waals surface area contributed by atoms with Gasteiger partial charge in [0.1, 0.15) is 5.82 Å². The predicted molar refractivity (Wildman–Crippen MR) is 105 cm³/mol. The van der Waals surface area contributed by atoms with Crippen molar-refractivity contribution in [2.75, 3.05) is 16.4 Å². The molecule has 26 heavy (non-hydrogen) atoms. The van der Waals surface area contributed by atoms with Gasteiger partial charge in [-0.25, -0.2) is 4.39 Å². The molecule has 3 aromatic carbocycles. The number of rotatable bonds is 3. The average molecular weight is 347 g/mol. The molecule has 0 bridgehead atoms. The Labute approximate surface area is 153 Å². The maximum Gasteiger partial charge on any atom is 0.123 e. The lowest BCUT2D eigenvalue weighted by molar-refractivity contribution is 0.625. The van der Waals surface area contributed by atoms with E-state index < -0.39 is 0 Å². The van der Waals surface area contributed by atoms with Crippen molar-refractivity contribution in [3.63, 3.8) is 0 Å². The number of hydrogen-bond acceptors (Lipinski definition) is 3. The molecule has 1 fully saturated rings. The molecular weight excluding hydrogens is 325 g/mol. The molecule has 0 amide bonds. The summed E-state index contributed by atoms with van der Waals surface area (Å²) in [7, 11) is 0. The minimum atomic E-state index is -0.228. The first kappa shape index (κ1) is 16.5. The molecule has 1 aliphatic heterocycles. The molecule has 1 aliphatic rings. The third-order valence-electron chi connectivity index (χ3n) is 5.10. The number of halogens is 1. The molecule has 0 radical (unpaired) electrons. The van der Waals surface area contributed by atoms with Crippen LogP contribution in [-0.2, 0) is 0 Å². The van der Waals surface area contributed by atoms with E-state index in [1.165, 1.54) is 23.3 Å². The summed E-state index contributed by atoms with van der Waals surface area (Å²) < 4.78 is 13.5. The van der Waals surface area contributed by atoms with E-state index in [0.29, 0.717) is 0 Å². The van der Waals surface area contributed by atoms with Gasteiger partial charge in [0.05, 0.1) is 12.1 Å². The van der Waals surface area contributed by atoms with Crippen LogP contribution >= 0.6 is 0 Å². The monoisotopic (exact) mass is 347 g/mol. The van der Waals surface area contributed by atoms with E-state index in [0.717, 1.165) is 29.9 Å². The fraction of sp³-hybridized carbons (Fsp3) is 0.182. The smallest absolute Gasteiger partial charge is 0.123 e. The zero-order valence-electron chi connectivity index (χ0n) is 14.5. The summed E-state index contributed by atoms with van der Waals surface area (Å²) in [5.74, 6) is -0.228. The molecule has 1 heterocycles. The highest BCUT2D eigenvalue weighted by Crippen LogP contribution is 2.47. The SMILES string of the molecule is Nc1cccc(C2CCC(c3cccc(N)c3)N2c2ccc(F)cc2)c1. The van der Waals surface area contributed by atoms with E-state index in [1.54, 1.807) is 0 Å². The number of nitrogens with two attached hydrogens (primary N) is 2. The summed E-state index contributed by atoms with van der Waals surface area (Å²) in [6.45, 7) is 0. The molecule has 0 spiro atoms. The Morgan fingerprint density at radius 1 is 0.731 bits per heavy atom. The van der Waals surface area contributed by atoms with Crippen LogP contribution in [0.15, 0.2) is 72.8 Å². The van der Waals surface area contributed by atoms with Crippen molar-refractivity contribution in [1.82, 2.24) is 0 Å². The normalized spacial score (nSPS) is 19.7. The zero-order valence-corrected chi connectivity index (χ0v) is 14.5. The van der Waals surface area contributed by atoms with Crippen LogP contribution in [0.2, 0.25) is 0 Å². The molecule has 1 saturated heterocycles. The fourth-order valence-corrected chi connectivity index (χ4v) is 3.97. The largest absolute Gasteiger partial charge is 0.399 e. The zero-order chi connectivity index (χ0) is 18.1. The molecule has 2 atom stereocenters. The van der Waals surface area contributed by atoms with Crippen LogP contribution in [0.25, 0.3) is 0 Å². The van der Waals surface area contributed by atoms with Crippen LogP contribution in [0.1, 0.15) is 36.1 Å². The summed E-state index contributed by atoms with van der Waals surface area (Å²) >= 11 is 0. The second-order valence-corrected chi connectivity index (χ2v) is 6.83. The lowest BCUT2D eigenvalue weighted by Crippen LogP contribution is -2.26. The van der Waals surface area contributed by atoms with Gasteiger partial charge in [-0.2, -0.15) is 0 Å². The van der Waals surface area contributed by atoms with E-state index >= 15 is 0 Å². The lowest BCUT2D eigenvalue weighted by atomic mass is 10.0. The van der Waals surface area contributed by atoms with Gasteiger partial charge >= 0.3 is 0 Å². The lowest BCUT2D eigenvalue weighted by Gasteiger charge is -2.33. The van der Waals surface area contributed by atoms with Crippen molar-refractivity contribution in [2.24, 2.45) is 0 Å². The van der Waals surface area contributed by atoms with Crippen molar-refractivity contribution in [1.29, 1.82) is 0 Å². The summed E-state index contributed by atoms with van der Waals surface area (Å²) in [4.78, 5) is 2.36. The van der Waals surface area contributed by atoms with Gasteiger partial charge in [-0.15, -0.1) is 0 Å². The van der Waals surface area contributed by atoms with Crippen LogP contribution in [0, 0.1) is 5.82 Å². The van der Waals surface area contributed by atoms with Gasteiger partial charge in [0.2, 0.25) is 0 Å². The summed E-state index contributed by atoms with van der Waals surface area (Å²) in [6.07, 6.45) is 2.00. The first-order valence-electron chi connectivity index (χ1n) is 8.86. The number of nitrogens with zero attached hydrogens (tertiary/aromatic N) is 1. The van der Waals surface area contributed by atoms with E-state index in [1.807, 2.05) is 48.5 Å². The number of hydrogen-bond donors (Lipinski definition) is 2. The van der Waals surface area contributed by atoms with Crippen molar-refractivity contribution in [3.8, 4) is 0 Å². The van der Waals surface area contributed by atoms with E-state index in [2.05, 4.69) is 17.0 Å². The molecule has 2 unspecified atom stereocenters. The third kappa shape index (κ3) is 3.10. The standard InChI is InChI=1S/C22H22FN3/c23-17-7-9-20(10-8-17)26-21(15-3-1-5-18(24)13-15)11-12-22(26)16-4-2-6-19(25)14-16/h1-10,13-14,21-22H,11-12,24-25H2. The first-order chi connectivity index (χ1) is 12.6. The summed E-state index contributed by atoms with van der Waals surface area (Å²) in [5.41, 5.74) is 16.9. The minimum absolute atomic E-state index is 0.190. The maximum absolute atomic E-state index is 13.5. The Morgan fingerprint density at radius 2 is 1.23 bits per heavy atom. The summed E-state index contributed by atoms with van der Waals surface area (Å²) in [6, 6.07) is 23.2. The van der Waals surface area contributed by atoms with Crippen LogP contribution in [0.5, 0.6) is 0 Å². The third-order valence-corrected chi connectivity index (χ3v) is 5.10. The number of anilines is 3. The Kier molecular flexibility index (Phi) is 4.25. The Morgan fingerprint density at radius 3 is 1.69 bits per heavy atom. The quantitative estimate of drug-likeness (QED) is 0.650.